The fraction of sp³-hybridized carbons (Fsp3) is 0.667. The van der Waals surface area contributed by atoms with Crippen molar-refractivity contribution in [3.63, 3.8) is 0 Å². The number of rotatable bonds is 4. The quantitative estimate of drug-likeness (QED) is 0.888. The Kier molecular flexibility index (Phi) is 3.49. The summed E-state index contributed by atoms with van der Waals surface area (Å²) in [4.78, 5) is 19.1. The van der Waals surface area contributed by atoms with Crippen molar-refractivity contribution in [2.75, 3.05) is 7.05 Å². The molecule has 0 radical (unpaired) electrons. The molecule has 4 nitrogen and oxygen atoms in total. The first-order valence-corrected chi connectivity index (χ1v) is 6.74. The predicted molar refractivity (Wildman–Crippen MR) is 68.7 cm³/mol. The SMILES string of the molecule is Cc1ncc(CN(C)C(=O)CC2(N)CCC2)s1. The van der Waals surface area contributed by atoms with Gasteiger partial charge in [-0.2, -0.15) is 0 Å². The number of amides is 1. The monoisotopic (exact) mass is 253 g/mol. The Morgan fingerprint density at radius 1 is 1.65 bits per heavy atom. The summed E-state index contributed by atoms with van der Waals surface area (Å²) in [6.45, 7) is 2.61. The van der Waals surface area contributed by atoms with E-state index in [1.807, 2.05) is 20.2 Å². The number of nitrogens with two attached hydrogens (primary N) is 1. The number of nitrogens with zero attached hydrogens (tertiary/aromatic N) is 2. The molecule has 17 heavy (non-hydrogen) atoms. The van der Waals surface area contributed by atoms with Crippen LogP contribution in [0.15, 0.2) is 6.20 Å². The van der Waals surface area contributed by atoms with E-state index in [2.05, 4.69) is 4.98 Å². The molecule has 1 aliphatic carbocycles. The van der Waals surface area contributed by atoms with Gasteiger partial charge < -0.3 is 10.6 Å². The molecular weight excluding hydrogens is 234 g/mol. The van der Waals surface area contributed by atoms with Gasteiger partial charge in [0.15, 0.2) is 0 Å². The molecule has 0 saturated heterocycles. The molecule has 2 rings (SSSR count). The molecule has 94 valence electrons. The first-order valence-electron chi connectivity index (χ1n) is 5.93. The van der Waals surface area contributed by atoms with Crippen molar-refractivity contribution in [1.82, 2.24) is 9.88 Å². The first kappa shape index (κ1) is 12.5. The molecule has 1 aliphatic rings. The van der Waals surface area contributed by atoms with Crippen LogP contribution in [0, 0.1) is 6.92 Å². The van der Waals surface area contributed by atoms with Gasteiger partial charge in [0, 0.05) is 30.1 Å². The lowest BCUT2D eigenvalue weighted by Crippen LogP contribution is -2.50. The summed E-state index contributed by atoms with van der Waals surface area (Å²) in [6, 6.07) is 0. The third kappa shape index (κ3) is 3.04. The van der Waals surface area contributed by atoms with Crippen molar-refractivity contribution in [2.24, 2.45) is 5.73 Å². The number of aromatic nitrogens is 1. The average Bonchev–Trinajstić information content (AvgIpc) is 2.61. The minimum absolute atomic E-state index is 0.137. The Morgan fingerprint density at radius 2 is 2.35 bits per heavy atom. The molecule has 1 heterocycles. The van der Waals surface area contributed by atoms with Crippen LogP contribution in [0.1, 0.15) is 35.6 Å². The van der Waals surface area contributed by atoms with Gasteiger partial charge in [-0.15, -0.1) is 11.3 Å². The van der Waals surface area contributed by atoms with Crippen LogP contribution in [0.2, 0.25) is 0 Å². The van der Waals surface area contributed by atoms with E-state index in [9.17, 15) is 4.79 Å². The molecule has 1 aromatic rings. The van der Waals surface area contributed by atoms with Crippen LogP contribution >= 0.6 is 11.3 Å². The standard InChI is InChI=1S/C12H19N3OS/c1-9-14-7-10(17-9)8-15(2)11(16)6-12(13)4-3-5-12/h7H,3-6,8,13H2,1-2H3. The van der Waals surface area contributed by atoms with Crippen LogP contribution in [0.25, 0.3) is 0 Å². The highest BCUT2D eigenvalue weighted by Gasteiger charge is 2.35. The summed E-state index contributed by atoms with van der Waals surface area (Å²) in [7, 11) is 1.83. The Balaban J connectivity index is 1.86. The Labute approximate surface area is 106 Å². The molecule has 0 atom stereocenters. The third-order valence-electron chi connectivity index (χ3n) is 3.34. The topological polar surface area (TPSA) is 59.2 Å². The van der Waals surface area contributed by atoms with Crippen LogP contribution in [-0.4, -0.2) is 28.4 Å². The number of hydrogen-bond donors (Lipinski definition) is 1. The van der Waals surface area contributed by atoms with Crippen LogP contribution in [0.5, 0.6) is 0 Å². The van der Waals surface area contributed by atoms with Gasteiger partial charge in [-0.05, 0) is 26.2 Å². The second kappa shape index (κ2) is 4.74. The molecule has 1 saturated carbocycles. The summed E-state index contributed by atoms with van der Waals surface area (Å²) in [6.07, 6.45) is 5.42. The Morgan fingerprint density at radius 3 is 2.82 bits per heavy atom. The van der Waals surface area contributed by atoms with Gasteiger partial charge >= 0.3 is 0 Å². The summed E-state index contributed by atoms with van der Waals surface area (Å²) in [5.74, 6) is 0.137. The van der Waals surface area contributed by atoms with Gasteiger partial charge in [0.1, 0.15) is 0 Å². The summed E-state index contributed by atoms with van der Waals surface area (Å²) < 4.78 is 0. The summed E-state index contributed by atoms with van der Waals surface area (Å²) in [5, 5.41) is 1.04. The Bertz CT molecular complexity index is 412. The highest BCUT2D eigenvalue weighted by atomic mass is 32.1. The van der Waals surface area contributed by atoms with Gasteiger partial charge in [-0.25, -0.2) is 4.98 Å². The predicted octanol–water partition coefficient (Wildman–Crippen LogP) is 1.68. The molecule has 1 aromatic heterocycles. The van der Waals surface area contributed by atoms with Crippen LogP contribution in [0.3, 0.4) is 0 Å². The molecule has 0 aromatic carbocycles. The molecule has 0 unspecified atom stereocenters. The van der Waals surface area contributed by atoms with E-state index in [0.717, 1.165) is 29.1 Å². The number of hydrogen-bond acceptors (Lipinski definition) is 4. The van der Waals surface area contributed by atoms with E-state index < -0.39 is 0 Å². The van der Waals surface area contributed by atoms with Crippen molar-refractivity contribution in [1.29, 1.82) is 0 Å². The van der Waals surface area contributed by atoms with Gasteiger partial charge in [-0.1, -0.05) is 0 Å². The summed E-state index contributed by atoms with van der Waals surface area (Å²) >= 11 is 1.63. The molecule has 0 spiro atoms. The van der Waals surface area contributed by atoms with Crippen LogP contribution in [-0.2, 0) is 11.3 Å². The van der Waals surface area contributed by atoms with E-state index in [-0.39, 0.29) is 11.4 Å². The zero-order valence-corrected chi connectivity index (χ0v) is 11.2. The Hall–Kier alpha value is -0.940. The molecular formula is C12H19N3OS. The average molecular weight is 253 g/mol. The van der Waals surface area contributed by atoms with Gasteiger partial charge in [0.05, 0.1) is 11.6 Å². The van der Waals surface area contributed by atoms with Gasteiger partial charge in [0.2, 0.25) is 5.91 Å². The number of carbonyl (C=O) groups is 1. The normalized spacial score (nSPS) is 17.6. The minimum atomic E-state index is -0.227. The molecule has 1 fully saturated rings. The van der Waals surface area contributed by atoms with Gasteiger partial charge in [0.25, 0.3) is 0 Å². The van der Waals surface area contributed by atoms with E-state index >= 15 is 0 Å². The smallest absolute Gasteiger partial charge is 0.224 e. The molecule has 0 aliphatic heterocycles. The number of thiazole rings is 1. The highest BCUT2D eigenvalue weighted by Crippen LogP contribution is 2.32. The number of aryl methyl sites for hydroxylation is 1. The first-order chi connectivity index (χ1) is 7.98. The minimum Gasteiger partial charge on any atom is -0.340 e. The zero-order valence-electron chi connectivity index (χ0n) is 10.4. The zero-order chi connectivity index (χ0) is 12.5. The van der Waals surface area contributed by atoms with E-state index in [1.54, 1.807) is 16.2 Å². The van der Waals surface area contributed by atoms with Crippen molar-refractivity contribution in [2.45, 2.75) is 44.7 Å². The van der Waals surface area contributed by atoms with Crippen molar-refractivity contribution in [3.8, 4) is 0 Å². The van der Waals surface area contributed by atoms with Crippen molar-refractivity contribution in [3.05, 3.63) is 16.1 Å². The molecule has 1 amide bonds. The molecule has 2 N–H and O–H groups in total. The molecule has 0 bridgehead atoms. The lowest BCUT2D eigenvalue weighted by atomic mass is 9.75. The van der Waals surface area contributed by atoms with E-state index in [0.29, 0.717) is 13.0 Å². The number of carbonyl (C=O) groups excluding carboxylic acids is 1. The maximum Gasteiger partial charge on any atom is 0.224 e. The maximum absolute atomic E-state index is 12.0. The fourth-order valence-corrected chi connectivity index (χ4v) is 2.89. The largest absolute Gasteiger partial charge is 0.340 e. The van der Waals surface area contributed by atoms with E-state index in [1.165, 1.54) is 0 Å². The highest BCUT2D eigenvalue weighted by molar-refractivity contribution is 7.11. The van der Waals surface area contributed by atoms with Crippen LogP contribution < -0.4 is 5.73 Å². The summed E-state index contributed by atoms with van der Waals surface area (Å²) in [5.41, 5.74) is 5.85. The van der Waals surface area contributed by atoms with Crippen LogP contribution in [0.4, 0.5) is 0 Å². The van der Waals surface area contributed by atoms with Crippen molar-refractivity contribution >= 4 is 17.2 Å². The third-order valence-corrected chi connectivity index (χ3v) is 4.24. The lowest BCUT2D eigenvalue weighted by molar-refractivity contribution is -0.132. The lowest BCUT2D eigenvalue weighted by Gasteiger charge is -2.38. The molecule has 5 heteroatoms. The second-order valence-corrected chi connectivity index (χ2v) is 6.31. The second-order valence-electron chi connectivity index (χ2n) is 4.99. The van der Waals surface area contributed by atoms with Crippen molar-refractivity contribution < 1.29 is 4.79 Å². The van der Waals surface area contributed by atoms with Gasteiger partial charge in [-0.3, -0.25) is 4.79 Å². The maximum atomic E-state index is 12.0. The fourth-order valence-electron chi connectivity index (χ4n) is 2.04. The van der Waals surface area contributed by atoms with E-state index in [4.69, 9.17) is 5.73 Å².